The first-order chi connectivity index (χ1) is 31.0. The average molecular weight is 923 g/mol. The highest BCUT2D eigenvalue weighted by Gasteiger charge is 2.51. The molecule has 0 aromatic carbocycles. The summed E-state index contributed by atoms with van der Waals surface area (Å²) in [6.07, 6.45) is 42.3. The molecular weight excluding hydrogens is 836 g/mol. The minimum atomic E-state index is -5.04. The predicted octanol–water partition coefficient (Wildman–Crippen LogP) is 10.5. The van der Waals surface area contributed by atoms with Gasteiger partial charge in [-0.05, 0) is 89.9 Å². The van der Waals surface area contributed by atoms with Gasteiger partial charge in [-0.15, -0.1) is 0 Å². The van der Waals surface area contributed by atoms with Crippen LogP contribution in [0.4, 0.5) is 0 Å². The normalized spacial score (nSPS) is 22.4. The van der Waals surface area contributed by atoms with Crippen molar-refractivity contribution in [2.24, 2.45) is 0 Å². The number of carbonyl (C=O) groups is 1. The molecule has 6 atom stereocenters. The predicted molar refractivity (Wildman–Crippen MR) is 258 cm³/mol. The lowest BCUT2D eigenvalue weighted by atomic mass is 9.85. The van der Waals surface area contributed by atoms with Crippen molar-refractivity contribution in [3.8, 4) is 0 Å². The van der Waals surface area contributed by atoms with Crippen LogP contribution in [0.15, 0.2) is 85.1 Å². The van der Waals surface area contributed by atoms with Gasteiger partial charge >= 0.3 is 13.8 Å². The molecule has 6 unspecified atom stereocenters. The van der Waals surface area contributed by atoms with E-state index in [1.807, 2.05) is 0 Å². The van der Waals surface area contributed by atoms with Crippen molar-refractivity contribution in [2.75, 3.05) is 19.8 Å². The van der Waals surface area contributed by atoms with Gasteiger partial charge in [-0.2, -0.15) is 0 Å². The second kappa shape index (κ2) is 40.8. The Hall–Kier alpha value is -2.48. The smallest absolute Gasteiger partial charge is 0.457 e. The number of esters is 1. The molecular formula is C51H87O12P. The van der Waals surface area contributed by atoms with Gasteiger partial charge in [0, 0.05) is 13.0 Å². The number of hydrogen-bond acceptors (Lipinski definition) is 11. The molecule has 1 rings (SSSR count). The van der Waals surface area contributed by atoms with Crippen molar-refractivity contribution >= 4 is 13.8 Å². The van der Waals surface area contributed by atoms with Crippen LogP contribution in [0.1, 0.15) is 168 Å². The maximum absolute atomic E-state index is 12.8. The van der Waals surface area contributed by atoms with E-state index in [9.17, 15) is 39.8 Å². The first-order valence-electron chi connectivity index (χ1n) is 24.4. The maximum atomic E-state index is 12.8. The number of rotatable bonds is 40. The Balaban J connectivity index is 2.40. The van der Waals surface area contributed by atoms with Crippen molar-refractivity contribution in [3.05, 3.63) is 85.1 Å². The topological polar surface area (TPSA) is 192 Å². The number of allylic oxidation sites excluding steroid dienone is 14. The lowest BCUT2D eigenvalue weighted by molar-refractivity contribution is -0.220. The number of hydrogen-bond donors (Lipinski definition) is 6. The molecule has 0 amide bonds. The number of aliphatic hydroxyl groups excluding tert-OH is 5. The van der Waals surface area contributed by atoms with Gasteiger partial charge in [-0.25, -0.2) is 4.57 Å². The van der Waals surface area contributed by atoms with Crippen LogP contribution in [0, 0.1) is 0 Å². The summed E-state index contributed by atoms with van der Waals surface area (Å²) in [5.41, 5.74) is 0. The lowest BCUT2D eigenvalue weighted by Gasteiger charge is -2.41. The Kier molecular flexibility index (Phi) is 37.9. The number of carbonyl (C=O) groups excluding carboxylic acids is 1. The van der Waals surface area contributed by atoms with Crippen molar-refractivity contribution < 1.29 is 58.3 Å². The van der Waals surface area contributed by atoms with Gasteiger partial charge in [0.05, 0.1) is 13.2 Å². The van der Waals surface area contributed by atoms with E-state index in [-0.39, 0.29) is 13.0 Å². The zero-order valence-corrected chi connectivity index (χ0v) is 40.2. The third-order valence-electron chi connectivity index (χ3n) is 10.8. The van der Waals surface area contributed by atoms with Gasteiger partial charge in [-0.3, -0.25) is 13.8 Å². The first kappa shape index (κ1) is 59.5. The van der Waals surface area contributed by atoms with Gasteiger partial charge in [0.1, 0.15) is 42.7 Å². The second-order valence-corrected chi connectivity index (χ2v) is 18.0. The third-order valence-corrected chi connectivity index (χ3v) is 11.7. The summed E-state index contributed by atoms with van der Waals surface area (Å²) in [6, 6.07) is 0. The molecule has 0 aromatic heterocycles. The quantitative estimate of drug-likeness (QED) is 0.0148. The third kappa shape index (κ3) is 32.2. The van der Waals surface area contributed by atoms with E-state index in [4.69, 9.17) is 18.5 Å². The van der Waals surface area contributed by atoms with Crippen LogP contribution in [0.3, 0.4) is 0 Å². The zero-order valence-electron chi connectivity index (χ0n) is 39.3. The number of phosphoric ester groups is 1. The SMILES string of the molecule is CC/C=C\C/C=C\C/C=C\C/C=C\CCCCC(=O)OC(COCCCCCCCCC/C=C\C/C=C\C/C=C\CCCCCCC)COP(=O)(O)OC1C(O)C(O)C(O)C(O)C1O. The number of ether oxygens (including phenoxy) is 2. The molecule has 0 aromatic rings. The number of aliphatic hydroxyl groups is 5. The summed E-state index contributed by atoms with van der Waals surface area (Å²) in [7, 11) is -5.04. The fourth-order valence-corrected chi connectivity index (χ4v) is 7.85. The van der Waals surface area contributed by atoms with Crippen molar-refractivity contribution in [1.29, 1.82) is 0 Å². The van der Waals surface area contributed by atoms with Crippen molar-refractivity contribution in [3.63, 3.8) is 0 Å². The van der Waals surface area contributed by atoms with E-state index >= 15 is 0 Å². The summed E-state index contributed by atoms with van der Waals surface area (Å²) < 4.78 is 34.2. The summed E-state index contributed by atoms with van der Waals surface area (Å²) in [4.78, 5) is 23.2. The highest BCUT2D eigenvalue weighted by atomic mass is 31.2. The first-order valence-corrected chi connectivity index (χ1v) is 25.9. The van der Waals surface area contributed by atoms with Crippen molar-refractivity contribution in [2.45, 2.75) is 211 Å². The lowest BCUT2D eigenvalue weighted by Crippen LogP contribution is -2.64. The Labute approximate surface area is 386 Å². The fraction of sp³-hybridized carbons (Fsp3) is 0.706. The molecule has 0 aliphatic heterocycles. The number of phosphoric acid groups is 1. The molecule has 0 bridgehead atoms. The molecule has 6 N–H and O–H groups in total. The molecule has 0 saturated heterocycles. The molecule has 1 aliphatic carbocycles. The second-order valence-electron chi connectivity index (χ2n) is 16.6. The molecule has 12 nitrogen and oxygen atoms in total. The Morgan fingerprint density at radius 3 is 1.41 bits per heavy atom. The highest BCUT2D eigenvalue weighted by Crippen LogP contribution is 2.47. The molecule has 1 fully saturated rings. The molecule has 13 heteroatoms. The average Bonchev–Trinajstić information content (AvgIpc) is 3.28. The van der Waals surface area contributed by atoms with Crippen LogP contribution < -0.4 is 0 Å². The van der Waals surface area contributed by atoms with E-state index in [1.54, 1.807) is 0 Å². The van der Waals surface area contributed by atoms with Gasteiger partial charge in [0.25, 0.3) is 0 Å². The Morgan fingerprint density at radius 2 is 0.922 bits per heavy atom. The molecule has 1 aliphatic rings. The fourth-order valence-electron chi connectivity index (χ4n) is 6.88. The summed E-state index contributed by atoms with van der Waals surface area (Å²) in [5, 5.41) is 50.2. The van der Waals surface area contributed by atoms with Crippen LogP contribution in [0.25, 0.3) is 0 Å². The van der Waals surface area contributed by atoms with E-state index < -0.39 is 63.1 Å². The molecule has 0 heterocycles. The van der Waals surface area contributed by atoms with Gasteiger partial charge in [0.15, 0.2) is 0 Å². The minimum Gasteiger partial charge on any atom is -0.457 e. The molecule has 0 radical (unpaired) electrons. The van der Waals surface area contributed by atoms with Crippen LogP contribution in [0.5, 0.6) is 0 Å². The molecule has 1 saturated carbocycles. The monoisotopic (exact) mass is 923 g/mol. The van der Waals surface area contributed by atoms with Gasteiger partial charge in [0.2, 0.25) is 0 Å². The van der Waals surface area contributed by atoms with E-state index in [1.165, 1.54) is 57.8 Å². The minimum absolute atomic E-state index is 0.106. The van der Waals surface area contributed by atoms with Gasteiger partial charge < -0.3 is 39.9 Å². The van der Waals surface area contributed by atoms with Crippen molar-refractivity contribution in [1.82, 2.24) is 0 Å². The maximum Gasteiger partial charge on any atom is 0.472 e. The standard InChI is InChI=1S/C51H87O12P/c1-3-5-7-9-11-13-15-17-19-20-21-22-23-24-25-27-29-31-33-35-37-39-41-60-42-44(43-61-64(58,59)63-51-49(56)47(54)46(53)48(55)50(51)57)62-45(52)40-38-36-34-32-30-28-26-18-16-14-12-10-8-6-4-2/h6,8,12,14-15,17-18,20-21,23-24,26,30,32,44,46-51,53-57H,3-5,7,9-11,13,16,19,22,25,27-29,31,33-43H2,1-2H3,(H,58,59)/b8-6-,14-12-,17-15-,21-20-,24-23-,26-18-,32-30-. The van der Waals surface area contributed by atoms with Crippen LogP contribution in [-0.2, 0) is 27.9 Å². The Morgan fingerprint density at radius 1 is 0.516 bits per heavy atom. The summed E-state index contributed by atoms with van der Waals surface area (Å²) in [5.74, 6) is -0.524. The van der Waals surface area contributed by atoms with E-state index in [0.717, 1.165) is 83.5 Å². The van der Waals surface area contributed by atoms with Gasteiger partial charge in [-0.1, -0.05) is 157 Å². The Bertz CT molecular complexity index is 1380. The highest BCUT2D eigenvalue weighted by molar-refractivity contribution is 7.47. The van der Waals surface area contributed by atoms with Crippen LogP contribution in [-0.4, -0.2) is 98.9 Å². The molecule has 0 spiro atoms. The summed E-state index contributed by atoms with van der Waals surface area (Å²) >= 11 is 0. The zero-order chi connectivity index (χ0) is 46.9. The van der Waals surface area contributed by atoms with Crippen LogP contribution >= 0.6 is 7.82 Å². The summed E-state index contributed by atoms with van der Waals surface area (Å²) in [6.45, 7) is 4.05. The van der Waals surface area contributed by atoms with E-state index in [2.05, 4.69) is 98.9 Å². The van der Waals surface area contributed by atoms with E-state index in [0.29, 0.717) is 13.0 Å². The molecule has 368 valence electrons. The number of unbranched alkanes of at least 4 members (excludes halogenated alkanes) is 14. The largest absolute Gasteiger partial charge is 0.472 e. The van der Waals surface area contributed by atoms with Crippen LogP contribution in [0.2, 0.25) is 0 Å². The molecule has 64 heavy (non-hydrogen) atoms.